The van der Waals surface area contributed by atoms with Crippen LogP contribution in [0.25, 0.3) is 11.3 Å². The minimum Gasteiger partial charge on any atom is -0.356 e. The normalized spacial score (nSPS) is 15.5. The fraction of sp³-hybridized carbons (Fsp3) is 0.273. The summed E-state index contributed by atoms with van der Waals surface area (Å²) < 4.78 is 16.2. The van der Waals surface area contributed by atoms with Gasteiger partial charge in [0, 0.05) is 28.3 Å². The molecule has 0 bridgehead atoms. The average Bonchev–Trinajstić information content (AvgIpc) is 3.23. The van der Waals surface area contributed by atoms with Gasteiger partial charge in [-0.2, -0.15) is 0 Å². The maximum atomic E-state index is 12.4. The van der Waals surface area contributed by atoms with Gasteiger partial charge in [0.05, 0.1) is 25.6 Å². The molecule has 1 saturated heterocycles. The van der Waals surface area contributed by atoms with Crippen LogP contribution in [0.4, 0.5) is 5.69 Å². The zero-order chi connectivity index (χ0) is 21.7. The van der Waals surface area contributed by atoms with Gasteiger partial charge in [-0.15, -0.1) is 0 Å². The van der Waals surface area contributed by atoms with Crippen LogP contribution in [-0.2, 0) is 26.4 Å². The van der Waals surface area contributed by atoms with Crippen LogP contribution in [-0.4, -0.2) is 29.2 Å². The first-order valence-corrected chi connectivity index (χ1v) is 12.1. The van der Waals surface area contributed by atoms with Crippen molar-refractivity contribution in [2.75, 3.05) is 18.5 Å². The van der Waals surface area contributed by atoms with Crippen molar-refractivity contribution in [2.45, 2.75) is 25.4 Å². The third-order valence-corrected chi connectivity index (χ3v) is 7.06. The number of carbonyl (C=O) groups excluding carboxylic acids is 1. The number of nitrogens with one attached hydrogen (secondary N) is 1. The van der Waals surface area contributed by atoms with Crippen molar-refractivity contribution < 1.29 is 23.3 Å². The van der Waals surface area contributed by atoms with E-state index in [-0.39, 0.29) is 12.3 Å². The number of benzene rings is 2. The molecule has 31 heavy (non-hydrogen) atoms. The van der Waals surface area contributed by atoms with E-state index in [0.29, 0.717) is 42.3 Å². The molecule has 2 aromatic carbocycles. The van der Waals surface area contributed by atoms with Crippen molar-refractivity contribution in [1.29, 1.82) is 0 Å². The molecular weight excluding hydrogens is 439 g/mol. The van der Waals surface area contributed by atoms with Crippen LogP contribution < -0.4 is 5.32 Å². The van der Waals surface area contributed by atoms with E-state index in [1.54, 1.807) is 18.3 Å². The molecule has 7 nitrogen and oxygen atoms in total. The number of nitrogens with zero attached hydrogens (tertiary/aromatic N) is 1. The lowest BCUT2D eigenvalue weighted by atomic mass is 10.1. The Morgan fingerprint density at radius 2 is 1.81 bits per heavy atom. The Balaban J connectivity index is 1.30. The summed E-state index contributed by atoms with van der Waals surface area (Å²) in [5.74, 6) is 0.531. The highest BCUT2D eigenvalue weighted by Crippen LogP contribution is 2.61. The first-order chi connectivity index (χ1) is 15.0. The minimum absolute atomic E-state index is 0.110. The molecule has 2 heterocycles. The first-order valence-electron chi connectivity index (χ1n) is 9.99. The number of carbonyl (C=O) groups is 1. The second-order valence-corrected chi connectivity index (χ2v) is 9.79. The molecule has 0 unspecified atom stereocenters. The van der Waals surface area contributed by atoms with Crippen LogP contribution in [0, 0.1) is 0 Å². The van der Waals surface area contributed by atoms with E-state index in [2.05, 4.69) is 10.5 Å². The maximum absolute atomic E-state index is 12.4. The van der Waals surface area contributed by atoms with Crippen LogP contribution in [0.2, 0.25) is 5.02 Å². The average molecular weight is 462 g/mol. The van der Waals surface area contributed by atoms with E-state index >= 15 is 0 Å². The molecule has 1 aromatic heterocycles. The Kier molecular flexibility index (Phi) is 7.00. The zero-order valence-electron chi connectivity index (χ0n) is 16.8. The Morgan fingerprint density at radius 1 is 1.10 bits per heavy atom. The molecule has 3 aromatic rings. The minimum atomic E-state index is -2.81. The molecule has 0 aliphatic carbocycles. The highest BCUT2D eigenvalue weighted by Gasteiger charge is 2.30. The lowest BCUT2D eigenvalue weighted by Gasteiger charge is -2.32. The first kappa shape index (κ1) is 21.9. The summed E-state index contributed by atoms with van der Waals surface area (Å²) in [6.07, 6.45) is 3.55. The van der Waals surface area contributed by atoms with E-state index in [9.17, 15) is 9.69 Å². The predicted octanol–water partition coefficient (Wildman–Crippen LogP) is 5.26. The summed E-state index contributed by atoms with van der Waals surface area (Å²) in [5.41, 5.74) is 3.31. The molecule has 1 amide bonds. The van der Waals surface area contributed by atoms with Crippen LogP contribution >= 0.6 is 19.5 Å². The Morgan fingerprint density at radius 3 is 2.52 bits per heavy atom. The van der Waals surface area contributed by atoms with Crippen molar-refractivity contribution in [1.82, 2.24) is 5.16 Å². The SMILES string of the molecule is O=C(CCc1cnoc1-c1ccc(Cl)cc1)Nc1ccc(C[P]2(O)OCCCO2)cc1. The molecule has 0 atom stereocenters. The third kappa shape index (κ3) is 5.91. The van der Waals surface area contributed by atoms with Crippen LogP contribution in [0.15, 0.2) is 59.3 Å². The number of amides is 1. The molecule has 1 radical (unpaired) electrons. The van der Waals surface area contributed by atoms with Gasteiger partial charge >= 0.3 is 0 Å². The molecule has 9 heteroatoms. The molecule has 1 fully saturated rings. The van der Waals surface area contributed by atoms with E-state index in [4.69, 9.17) is 25.2 Å². The standard InChI is InChI=1S/C22H23ClN2O5P/c23-19-7-4-17(5-8-19)22-18(14-24-30-22)6-11-21(26)25-20-9-2-16(3-10-20)15-31(27)28-12-1-13-29-31/h2-5,7-10,14,27H,1,6,11-13,15H2,(H,25,26). The molecular formula is C22H23ClN2O5P. The molecule has 4 rings (SSSR count). The van der Waals surface area contributed by atoms with Crippen LogP contribution in [0.1, 0.15) is 24.0 Å². The van der Waals surface area contributed by atoms with Crippen molar-refractivity contribution in [3.05, 3.63) is 70.9 Å². The molecule has 163 valence electrons. The van der Waals surface area contributed by atoms with Crippen LogP contribution in [0.3, 0.4) is 0 Å². The largest absolute Gasteiger partial charge is 0.356 e. The number of hydrogen-bond donors (Lipinski definition) is 2. The highest BCUT2D eigenvalue weighted by atomic mass is 35.5. The van der Waals surface area contributed by atoms with Gasteiger partial charge in [0.15, 0.2) is 5.76 Å². The number of anilines is 1. The summed E-state index contributed by atoms with van der Waals surface area (Å²) >= 11 is 5.94. The van der Waals surface area contributed by atoms with E-state index < -0.39 is 7.94 Å². The highest BCUT2D eigenvalue weighted by molar-refractivity contribution is 7.59. The van der Waals surface area contributed by atoms with Crippen molar-refractivity contribution in [3.63, 3.8) is 0 Å². The van der Waals surface area contributed by atoms with Gasteiger partial charge < -0.3 is 23.8 Å². The van der Waals surface area contributed by atoms with Gasteiger partial charge in [0.1, 0.15) is 0 Å². The lowest BCUT2D eigenvalue weighted by molar-refractivity contribution is -0.116. The molecule has 1 aliphatic heterocycles. The second kappa shape index (κ2) is 9.90. The molecule has 0 spiro atoms. The molecule has 2 N–H and O–H groups in total. The van der Waals surface area contributed by atoms with Gasteiger partial charge in [-0.25, -0.2) is 0 Å². The van der Waals surface area contributed by atoms with E-state index in [0.717, 1.165) is 23.1 Å². The summed E-state index contributed by atoms with van der Waals surface area (Å²) in [5, 5.41) is 7.40. The smallest absolute Gasteiger partial charge is 0.235 e. The Labute approximate surface area is 185 Å². The number of aromatic nitrogens is 1. The third-order valence-electron chi connectivity index (χ3n) is 4.87. The maximum Gasteiger partial charge on any atom is 0.235 e. The van der Waals surface area contributed by atoms with Gasteiger partial charge in [0.25, 0.3) is 0 Å². The summed E-state index contributed by atoms with van der Waals surface area (Å²) in [6, 6.07) is 14.6. The van der Waals surface area contributed by atoms with Crippen molar-refractivity contribution in [3.8, 4) is 11.3 Å². The topological polar surface area (TPSA) is 93.8 Å². The monoisotopic (exact) mass is 461 g/mol. The van der Waals surface area contributed by atoms with Gasteiger partial charge in [-0.05, 0) is 54.8 Å². The lowest BCUT2D eigenvalue weighted by Crippen LogP contribution is -2.14. The number of rotatable bonds is 7. The zero-order valence-corrected chi connectivity index (χ0v) is 18.4. The number of aryl methyl sites for hydroxylation is 1. The van der Waals surface area contributed by atoms with Crippen LogP contribution in [0.5, 0.6) is 0 Å². The predicted molar refractivity (Wildman–Crippen MR) is 120 cm³/mol. The Hall–Kier alpha value is -2.28. The van der Waals surface area contributed by atoms with E-state index in [1.807, 2.05) is 36.4 Å². The Bertz CT molecular complexity index is 1020. The van der Waals surface area contributed by atoms with Gasteiger partial charge in [-0.1, -0.05) is 28.9 Å². The second-order valence-electron chi connectivity index (χ2n) is 7.25. The quantitative estimate of drug-likeness (QED) is 0.466. The molecule has 1 aliphatic rings. The van der Waals surface area contributed by atoms with Gasteiger partial charge in [0.2, 0.25) is 13.9 Å². The fourth-order valence-electron chi connectivity index (χ4n) is 3.28. The summed E-state index contributed by atoms with van der Waals surface area (Å²) in [7, 11) is -2.81. The van der Waals surface area contributed by atoms with Crippen molar-refractivity contribution in [2.24, 2.45) is 0 Å². The fourth-order valence-corrected chi connectivity index (χ4v) is 5.16. The summed E-state index contributed by atoms with van der Waals surface area (Å²) in [6.45, 7) is 1.04. The van der Waals surface area contributed by atoms with E-state index in [1.165, 1.54) is 0 Å². The molecule has 0 saturated carbocycles. The number of halogens is 1. The van der Waals surface area contributed by atoms with Crippen molar-refractivity contribution >= 4 is 31.1 Å². The number of hydrogen-bond acceptors (Lipinski definition) is 6. The van der Waals surface area contributed by atoms with Gasteiger partial charge in [-0.3, -0.25) is 4.79 Å². The summed E-state index contributed by atoms with van der Waals surface area (Å²) in [4.78, 5) is 22.8.